The number of carbonyl (C=O) groups is 1. The largest absolute Gasteiger partial charge is 0.497 e. The van der Waals surface area contributed by atoms with E-state index in [0.717, 1.165) is 44.6 Å². The van der Waals surface area contributed by atoms with Gasteiger partial charge in [0.15, 0.2) is 0 Å². The van der Waals surface area contributed by atoms with Crippen molar-refractivity contribution in [2.75, 3.05) is 40.8 Å². The molecule has 5 nitrogen and oxygen atoms in total. The number of likely N-dealkylation sites (tertiary alicyclic amines) is 1. The summed E-state index contributed by atoms with van der Waals surface area (Å²) in [5.74, 6) is 0.953. The van der Waals surface area contributed by atoms with Crippen LogP contribution in [0.2, 0.25) is 0 Å². The van der Waals surface area contributed by atoms with Crippen LogP contribution in [0.5, 0.6) is 5.75 Å². The van der Waals surface area contributed by atoms with Crippen molar-refractivity contribution >= 4 is 6.09 Å². The number of piperidine rings is 1. The number of carbonyl (C=O) groups excluding carboxylic acids is 1. The molecular formula is C23H38N2O3. The topological polar surface area (TPSA) is 42.0 Å². The van der Waals surface area contributed by atoms with Crippen LogP contribution in [0.3, 0.4) is 0 Å². The molecule has 1 saturated heterocycles. The van der Waals surface area contributed by atoms with Gasteiger partial charge in [0.2, 0.25) is 0 Å². The van der Waals surface area contributed by atoms with Crippen LogP contribution in [0, 0.1) is 0 Å². The van der Waals surface area contributed by atoms with E-state index in [0.29, 0.717) is 0 Å². The first-order valence-electron chi connectivity index (χ1n) is 10.8. The Morgan fingerprint density at radius 2 is 1.89 bits per heavy atom. The summed E-state index contributed by atoms with van der Waals surface area (Å²) in [6.07, 6.45) is 10.8. The van der Waals surface area contributed by atoms with E-state index in [1.165, 1.54) is 49.0 Å². The van der Waals surface area contributed by atoms with Gasteiger partial charge in [-0.05, 0) is 62.9 Å². The van der Waals surface area contributed by atoms with Crippen molar-refractivity contribution in [3.05, 3.63) is 29.8 Å². The van der Waals surface area contributed by atoms with Crippen LogP contribution in [0.15, 0.2) is 24.3 Å². The van der Waals surface area contributed by atoms with Crippen molar-refractivity contribution in [3.8, 4) is 5.75 Å². The molecule has 2 rings (SSSR count). The van der Waals surface area contributed by atoms with Crippen molar-refractivity contribution in [1.29, 1.82) is 0 Å². The van der Waals surface area contributed by atoms with Crippen LogP contribution >= 0.6 is 0 Å². The van der Waals surface area contributed by atoms with Gasteiger partial charge in [0, 0.05) is 20.6 Å². The summed E-state index contributed by atoms with van der Waals surface area (Å²) < 4.78 is 10.8. The van der Waals surface area contributed by atoms with Gasteiger partial charge in [-0.1, -0.05) is 37.8 Å². The number of rotatable bonds is 11. The van der Waals surface area contributed by atoms with Gasteiger partial charge in [-0.3, -0.25) is 4.90 Å². The number of ether oxygens (including phenoxy) is 2. The number of aryl methyl sites for hydroxylation is 1. The van der Waals surface area contributed by atoms with E-state index < -0.39 is 0 Å². The SMILES string of the molecule is COc1cccc(CCCCCCCCN2CCCC(OC(=O)N(C)C)C2)c1. The highest BCUT2D eigenvalue weighted by Crippen LogP contribution is 2.17. The predicted octanol–water partition coefficient (Wildman–Crippen LogP) is 4.74. The molecule has 1 heterocycles. The quantitative estimate of drug-likeness (QED) is 0.512. The van der Waals surface area contributed by atoms with Gasteiger partial charge in [0.25, 0.3) is 0 Å². The normalized spacial score (nSPS) is 17.3. The molecule has 28 heavy (non-hydrogen) atoms. The molecule has 0 N–H and O–H groups in total. The third kappa shape index (κ3) is 8.51. The number of benzene rings is 1. The van der Waals surface area contributed by atoms with Gasteiger partial charge in [-0.25, -0.2) is 4.79 Å². The van der Waals surface area contributed by atoms with E-state index in [1.807, 2.05) is 6.07 Å². The summed E-state index contributed by atoms with van der Waals surface area (Å²) in [4.78, 5) is 15.7. The highest BCUT2D eigenvalue weighted by Gasteiger charge is 2.23. The summed E-state index contributed by atoms with van der Waals surface area (Å²) in [6.45, 7) is 3.15. The summed E-state index contributed by atoms with van der Waals surface area (Å²) in [5, 5.41) is 0. The first-order chi connectivity index (χ1) is 13.6. The second-order valence-corrected chi connectivity index (χ2v) is 8.07. The third-order valence-corrected chi connectivity index (χ3v) is 5.42. The molecule has 5 heteroatoms. The fourth-order valence-electron chi connectivity index (χ4n) is 3.76. The zero-order chi connectivity index (χ0) is 20.2. The lowest BCUT2D eigenvalue weighted by Gasteiger charge is -2.32. The summed E-state index contributed by atoms with van der Waals surface area (Å²) in [6, 6.07) is 8.40. The predicted molar refractivity (Wildman–Crippen MR) is 114 cm³/mol. The number of amides is 1. The minimum Gasteiger partial charge on any atom is -0.497 e. The highest BCUT2D eigenvalue weighted by atomic mass is 16.6. The van der Waals surface area contributed by atoms with Crippen LogP contribution in [-0.4, -0.2) is 62.8 Å². The van der Waals surface area contributed by atoms with Crippen LogP contribution < -0.4 is 4.74 Å². The molecule has 0 saturated carbocycles. The van der Waals surface area contributed by atoms with Crippen molar-refractivity contribution < 1.29 is 14.3 Å². The standard InChI is InChI=1S/C23H38N2O3/c1-24(2)23(26)28-22-15-11-17-25(19-22)16-9-7-5-4-6-8-12-20-13-10-14-21(18-20)27-3/h10,13-14,18,22H,4-9,11-12,15-17,19H2,1-3H3. The van der Waals surface area contributed by atoms with Crippen molar-refractivity contribution in [2.45, 2.75) is 63.9 Å². The van der Waals surface area contributed by atoms with Crippen molar-refractivity contribution in [1.82, 2.24) is 9.80 Å². The molecule has 0 spiro atoms. The van der Waals surface area contributed by atoms with Crippen LogP contribution in [0.4, 0.5) is 4.79 Å². The fraction of sp³-hybridized carbons (Fsp3) is 0.696. The second-order valence-electron chi connectivity index (χ2n) is 8.07. The Morgan fingerprint density at radius 3 is 2.64 bits per heavy atom. The number of methoxy groups -OCH3 is 1. The Bertz CT molecular complexity index is 577. The molecule has 1 aromatic rings. The van der Waals surface area contributed by atoms with Crippen LogP contribution in [0.1, 0.15) is 56.9 Å². The van der Waals surface area contributed by atoms with Crippen LogP contribution in [-0.2, 0) is 11.2 Å². The molecule has 1 fully saturated rings. The van der Waals surface area contributed by atoms with E-state index >= 15 is 0 Å². The number of hydrogen-bond donors (Lipinski definition) is 0. The molecule has 1 aromatic carbocycles. The lowest BCUT2D eigenvalue weighted by atomic mass is 10.0. The van der Waals surface area contributed by atoms with Crippen molar-refractivity contribution in [2.24, 2.45) is 0 Å². The molecule has 1 amide bonds. The van der Waals surface area contributed by atoms with E-state index in [9.17, 15) is 4.79 Å². The molecular weight excluding hydrogens is 352 g/mol. The molecule has 1 aliphatic heterocycles. The van der Waals surface area contributed by atoms with Crippen LogP contribution in [0.25, 0.3) is 0 Å². The molecule has 0 radical (unpaired) electrons. The molecule has 1 unspecified atom stereocenters. The first kappa shape index (κ1) is 22.5. The minimum absolute atomic E-state index is 0.0558. The lowest BCUT2D eigenvalue weighted by molar-refractivity contribution is 0.0282. The molecule has 0 aromatic heterocycles. The number of unbranched alkanes of at least 4 members (excludes halogenated alkanes) is 5. The monoisotopic (exact) mass is 390 g/mol. The fourth-order valence-corrected chi connectivity index (χ4v) is 3.76. The second kappa shape index (κ2) is 12.7. The Kier molecular flexibility index (Phi) is 10.2. The highest BCUT2D eigenvalue weighted by molar-refractivity contribution is 5.66. The lowest BCUT2D eigenvalue weighted by Crippen LogP contribution is -2.42. The number of hydrogen-bond acceptors (Lipinski definition) is 4. The van der Waals surface area contributed by atoms with Gasteiger partial charge in [0.1, 0.15) is 11.9 Å². The maximum atomic E-state index is 11.7. The maximum absolute atomic E-state index is 11.7. The zero-order valence-electron chi connectivity index (χ0n) is 18.0. The maximum Gasteiger partial charge on any atom is 0.409 e. The molecule has 1 aliphatic rings. The van der Waals surface area contributed by atoms with Gasteiger partial charge >= 0.3 is 6.09 Å². The molecule has 158 valence electrons. The molecule has 0 aliphatic carbocycles. The zero-order valence-corrected chi connectivity index (χ0v) is 18.0. The Morgan fingerprint density at radius 1 is 1.14 bits per heavy atom. The first-order valence-corrected chi connectivity index (χ1v) is 10.8. The molecule has 0 bridgehead atoms. The van der Waals surface area contributed by atoms with E-state index in [-0.39, 0.29) is 12.2 Å². The van der Waals surface area contributed by atoms with E-state index in [4.69, 9.17) is 9.47 Å². The average molecular weight is 391 g/mol. The summed E-state index contributed by atoms with van der Waals surface area (Å²) in [5.41, 5.74) is 1.37. The van der Waals surface area contributed by atoms with E-state index in [2.05, 4.69) is 23.1 Å². The number of nitrogens with zero attached hydrogens (tertiary/aromatic N) is 2. The van der Waals surface area contributed by atoms with Crippen molar-refractivity contribution in [3.63, 3.8) is 0 Å². The summed E-state index contributed by atoms with van der Waals surface area (Å²) >= 11 is 0. The molecule has 1 atom stereocenters. The Labute approximate surface area is 171 Å². The average Bonchev–Trinajstić information content (AvgIpc) is 2.70. The Balaban J connectivity index is 1.49. The van der Waals surface area contributed by atoms with E-state index in [1.54, 1.807) is 21.2 Å². The van der Waals surface area contributed by atoms with Gasteiger partial charge in [-0.15, -0.1) is 0 Å². The minimum atomic E-state index is -0.221. The van der Waals surface area contributed by atoms with Gasteiger partial charge in [0.05, 0.1) is 7.11 Å². The summed E-state index contributed by atoms with van der Waals surface area (Å²) in [7, 11) is 5.19. The van der Waals surface area contributed by atoms with Gasteiger partial charge in [-0.2, -0.15) is 0 Å². The smallest absolute Gasteiger partial charge is 0.409 e. The Hall–Kier alpha value is -1.75. The third-order valence-electron chi connectivity index (χ3n) is 5.42. The van der Waals surface area contributed by atoms with Gasteiger partial charge < -0.3 is 14.4 Å².